The Labute approximate surface area is 90.5 Å². The van der Waals surface area contributed by atoms with Crippen molar-refractivity contribution < 1.29 is 9.90 Å². The molecule has 3 fully saturated rings. The van der Waals surface area contributed by atoms with Crippen molar-refractivity contribution in [1.29, 1.82) is 0 Å². The van der Waals surface area contributed by atoms with Crippen LogP contribution in [0.5, 0.6) is 0 Å². The van der Waals surface area contributed by atoms with Crippen molar-refractivity contribution in [2.75, 3.05) is 19.6 Å². The predicted molar refractivity (Wildman–Crippen MR) is 56.5 cm³/mol. The maximum absolute atomic E-state index is 10.7. The van der Waals surface area contributed by atoms with Crippen molar-refractivity contribution in [2.24, 2.45) is 23.7 Å². The van der Waals surface area contributed by atoms with E-state index in [4.69, 9.17) is 5.11 Å². The van der Waals surface area contributed by atoms with Gasteiger partial charge in [-0.2, -0.15) is 0 Å². The van der Waals surface area contributed by atoms with E-state index in [1.165, 1.54) is 32.2 Å². The van der Waals surface area contributed by atoms with Gasteiger partial charge in [-0.1, -0.05) is 6.42 Å². The summed E-state index contributed by atoms with van der Waals surface area (Å²) in [6, 6.07) is 0. The summed E-state index contributed by atoms with van der Waals surface area (Å²) in [4.78, 5) is 13.0. The molecule has 15 heavy (non-hydrogen) atoms. The predicted octanol–water partition coefficient (Wildman–Crippen LogP) is 1.44. The Bertz CT molecular complexity index is 273. The molecule has 2 bridgehead atoms. The van der Waals surface area contributed by atoms with Gasteiger partial charge in [0, 0.05) is 19.6 Å². The molecule has 3 unspecified atom stereocenters. The van der Waals surface area contributed by atoms with Crippen molar-refractivity contribution in [1.82, 2.24) is 4.90 Å². The summed E-state index contributed by atoms with van der Waals surface area (Å²) < 4.78 is 0. The summed E-state index contributed by atoms with van der Waals surface area (Å²) in [6.07, 6.45) is 5.77. The lowest BCUT2D eigenvalue weighted by Crippen LogP contribution is -2.52. The van der Waals surface area contributed by atoms with Gasteiger partial charge in [0.15, 0.2) is 0 Å². The van der Waals surface area contributed by atoms with E-state index in [2.05, 4.69) is 4.90 Å². The van der Waals surface area contributed by atoms with Crippen molar-refractivity contribution in [3.63, 3.8) is 0 Å². The molecule has 3 nitrogen and oxygen atoms in total. The van der Waals surface area contributed by atoms with Gasteiger partial charge >= 0.3 is 5.97 Å². The van der Waals surface area contributed by atoms with Gasteiger partial charge in [0.1, 0.15) is 0 Å². The SMILES string of the molecule is O=C(O)C1CN(CC2CC3CCC2C3)C1. The number of hydrogen-bond donors (Lipinski definition) is 1. The van der Waals surface area contributed by atoms with Gasteiger partial charge in [0.05, 0.1) is 5.92 Å². The molecule has 1 aliphatic heterocycles. The van der Waals surface area contributed by atoms with E-state index < -0.39 is 5.97 Å². The second-order valence-corrected chi connectivity index (χ2v) is 5.69. The topological polar surface area (TPSA) is 40.5 Å². The van der Waals surface area contributed by atoms with Crippen LogP contribution in [0.15, 0.2) is 0 Å². The zero-order valence-corrected chi connectivity index (χ0v) is 9.06. The molecule has 0 amide bonds. The van der Waals surface area contributed by atoms with E-state index in [9.17, 15) is 4.79 Å². The number of rotatable bonds is 3. The van der Waals surface area contributed by atoms with Crippen LogP contribution in [0.4, 0.5) is 0 Å². The smallest absolute Gasteiger partial charge is 0.309 e. The van der Waals surface area contributed by atoms with Crippen LogP contribution in [-0.2, 0) is 4.79 Å². The second kappa shape index (κ2) is 3.48. The van der Waals surface area contributed by atoms with Crippen LogP contribution in [0, 0.1) is 23.7 Å². The lowest BCUT2D eigenvalue weighted by Gasteiger charge is -2.39. The summed E-state index contributed by atoms with van der Waals surface area (Å²) >= 11 is 0. The number of hydrogen-bond acceptors (Lipinski definition) is 2. The van der Waals surface area contributed by atoms with Crippen LogP contribution >= 0.6 is 0 Å². The van der Waals surface area contributed by atoms with Crippen LogP contribution in [0.2, 0.25) is 0 Å². The lowest BCUT2D eigenvalue weighted by atomic mass is 9.87. The normalized spacial score (nSPS) is 40.7. The number of carbonyl (C=O) groups is 1. The molecule has 1 saturated heterocycles. The minimum Gasteiger partial charge on any atom is -0.481 e. The monoisotopic (exact) mass is 209 g/mol. The van der Waals surface area contributed by atoms with Gasteiger partial charge in [-0.3, -0.25) is 4.79 Å². The highest BCUT2D eigenvalue weighted by Gasteiger charge is 2.42. The van der Waals surface area contributed by atoms with Gasteiger partial charge in [0.2, 0.25) is 0 Å². The second-order valence-electron chi connectivity index (χ2n) is 5.69. The minimum absolute atomic E-state index is 0.0800. The maximum atomic E-state index is 10.7. The Morgan fingerprint density at radius 3 is 2.60 bits per heavy atom. The first-order chi connectivity index (χ1) is 7.22. The molecule has 2 saturated carbocycles. The van der Waals surface area contributed by atoms with Crippen molar-refractivity contribution in [3.8, 4) is 0 Å². The van der Waals surface area contributed by atoms with Crippen molar-refractivity contribution in [2.45, 2.75) is 25.7 Å². The molecule has 1 N–H and O–H groups in total. The summed E-state index contributed by atoms with van der Waals surface area (Å²) in [5.74, 6) is 2.18. The number of carboxylic acids is 1. The number of fused-ring (bicyclic) bond motifs is 2. The van der Waals surface area contributed by atoms with Crippen LogP contribution in [0.1, 0.15) is 25.7 Å². The fourth-order valence-electron chi connectivity index (χ4n) is 3.81. The molecule has 0 radical (unpaired) electrons. The first-order valence-corrected chi connectivity index (χ1v) is 6.17. The van der Waals surface area contributed by atoms with Gasteiger partial charge < -0.3 is 10.0 Å². The first kappa shape index (κ1) is 9.64. The molecule has 3 rings (SSSR count). The highest BCUT2D eigenvalue weighted by molar-refractivity contribution is 5.71. The van der Waals surface area contributed by atoms with E-state index >= 15 is 0 Å². The highest BCUT2D eigenvalue weighted by atomic mass is 16.4. The molecule has 0 aromatic heterocycles. The molecule has 1 heterocycles. The van der Waals surface area contributed by atoms with Crippen LogP contribution < -0.4 is 0 Å². The summed E-state index contributed by atoms with van der Waals surface area (Å²) in [5.41, 5.74) is 0. The van der Waals surface area contributed by atoms with Crippen molar-refractivity contribution in [3.05, 3.63) is 0 Å². The van der Waals surface area contributed by atoms with Crippen LogP contribution in [-0.4, -0.2) is 35.6 Å². The Hall–Kier alpha value is -0.570. The minimum atomic E-state index is -0.612. The van der Waals surface area contributed by atoms with Crippen LogP contribution in [0.25, 0.3) is 0 Å². The fourth-order valence-corrected chi connectivity index (χ4v) is 3.81. The average Bonchev–Trinajstić information content (AvgIpc) is 2.70. The molecule has 0 aromatic rings. The molecule has 0 aromatic carbocycles. The van der Waals surface area contributed by atoms with Crippen molar-refractivity contribution >= 4 is 5.97 Å². The highest BCUT2D eigenvalue weighted by Crippen LogP contribution is 2.48. The standard InChI is InChI=1S/C12H19NO2/c14-12(15)11-6-13(7-11)5-10-4-8-1-2-9(10)3-8/h8-11H,1-7H2,(H,14,15). The molecule has 3 heteroatoms. The van der Waals surface area contributed by atoms with Gasteiger partial charge in [-0.25, -0.2) is 0 Å². The molecular formula is C12H19NO2. The Morgan fingerprint density at radius 1 is 1.27 bits per heavy atom. The quantitative estimate of drug-likeness (QED) is 0.764. The molecule has 2 aliphatic carbocycles. The summed E-state index contributed by atoms with van der Waals surface area (Å²) in [6.45, 7) is 2.76. The number of nitrogens with zero attached hydrogens (tertiary/aromatic N) is 1. The zero-order chi connectivity index (χ0) is 10.4. The molecule has 3 atom stereocenters. The third-order valence-corrected chi connectivity index (χ3v) is 4.68. The largest absolute Gasteiger partial charge is 0.481 e. The van der Waals surface area contributed by atoms with E-state index in [1.54, 1.807) is 0 Å². The molecule has 3 aliphatic rings. The number of aliphatic carboxylic acids is 1. The first-order valence-electron chi connectivity index (χ1n) is 6.17. The third kappa shape index (κ3) is 1.67. The Kier molecular flexibility index (Phi) is 2.23. The zero-order valence-electron chi connectivity index (χ0n) is 9.06. The average molecular weight is 209 g/mol. The van der Waals surface area contributed by atoms with E-state index in [0.29, 0.717) is 0 Å². The molecular weight excluding hydrogens is 190 g/mol. The Morgan fingerprint density at radius 2 is 2.07 bits per heavy atom. The number of likely N-dealkylation sites (tertiary alicyclic amines) is 1. The number of carboxylic acid groups (broad SMARTS) is 1. The maximum Gasteiger partial charge on any atom is 0.309 e. The summed E-state index contributed by atoms with van der Waals surface area (Å²) in [5, 5.41) is 8.79. The van der Waals surface area contributed by atoms with E-state index in [1.807, 2.05) is 0 Å². The van der Waals surface area contributed by atoms with E-state index in [0.717, 1.165) is 30.8 Å². The fraction of sp³-hybridized carbons (Fsp3) is 0.917. The third-order valence-electron chi connectivity index (χ3n) is 4.68. The Balaban J connectivity index is 1.46. The molecule has 84 valence electrons. The lowest BCUT2D eigenvalue weighted by molar-refractivity contribution is -0.147. The van der Waals surface area contributed by atoms with Gasteiger partial charge in [0.25, 0.3) is 0 Å². The molecule has 0 spiro atoms. The van der Waals surface area contributed by atoms with Crippen LogP contribution in [0.3, 0.4) is 0 Å². The van der Waals surface area contributed by atoms with Gasteiger partial charge in [-0.15, -0.1) is 0 Å². The van der Waals surface area contributed by atoms with E-state index in [-0.39, 0.29) is 5.92 Å². The van der Waals surface area contributed by atoms with Gasteiger partial charge in [-0.05, 0) is 37.0 Å². The summed E-state index contributed by atoms with van der Waals surface area (Å²) in [7, 11) is 0.